The minimum absolute atomic E-state index is 0.908. The molecule has 1 N–H and O–H groups in total. The van der Waals surface area contributed by atoms with E-state index in [0.29, 0.717) is 0 Å². The van der Waals surface area contributed by atoms with Gasteiger partial charge >= 0.3 is 0 Å². The second kappa shape index (κ2) is 8.45. The molecule has 0 aliphatic carbocycles. The first-order valence-corrected chi connectivity index (χ1v) is 7.34. The van der Waals surface area contributed by atoms with Crippen LogP contribution < -0.4 is 10.1 Å². The first-order valence-electron chi connectivity index (χ1n) is 7.34. The lowest BCUT2D eigenvalue weighted by molar-refractivity contribution is 0.324. The summed E-state index contributed by atoms with van der Waals surface area (Å²) in [6.07, 6.45) is 0. The predicted octanol–water partition coefficient (Wildman–Crippen LogP) is 2.92. The maximum absolute atomic E-state index is 5.17. The number of likely N-dealkylation sites (N-methyl/N-ethyl adjacent to an activating group) is 1. The van der Waals surface area contributed by atoms with E-state index in [-0.39, 0.29) is 0 Å². The van der Waals surface area contributed by atoms with Crippen LogP contribution in [0, 0.1) is 0 Å². The lowest BCUT2D eigenvalue weighted by atomic mass is 10.2. The van der Waals surface area contributed by atoms with E-state index >= 15 is 0 Å². The fourth-order valence-electron chi connectivity index (χ4n) is 2.22. The van der Waals surface area contributed by atoms with Crippen LogP contribution in [0.2, 0.25) is 0 Å². The molecule has 112 valence electrons. The molecule has 0 aliphatic heterocycles. The maximum atomic E-state index is 5.17. The van der Waals surface area contributed by atoms with Crippen molar-refractivity contribution in [3.05, 3.63) is 65.7 Å². The molecule has 3 nitrogen and oxygen atoms in total. The molecule has 0 saturated heterocycles. The Labute approximate surface area is 127 Å². The topological polar surface area (TPSA) is 24.5 Å². The summed E-state index contributed by atoms with van der Waals surface area (Å²) in [6, 6.07) is 18.8. The summed E-state index contributed by atoms with van der Waals surface area (Å²) in [5.74, 6) is 0.908. The molecule has 21 heavy (non-hydrogen) atoms. The third kappa shape index (κ3) is 5.58. The summed E-state index contributed by atoms with van der Waals surface area (Å²) in [6.45, 7) is 3.90. The minimum atomic E-state index is 0.908. The highest BCUT2D eigenvalue weighted by molar-refractivity contribution is 5.27. The van der Waals surface area contributed by atoms with E-state index in [9.17, 15) is 0 Å². The number of methoxy groups -OCH3 is 1. The van der Waals surface area contributed by atoms with Gasteiger partial charge in [0.15, 0.2) is 0 Å². The van der Waals surface area contributed by atoms with Crippen LogP contribution >= 0.6 is 0 Å². The first-order chi connectivity index (χ1) is 10.3. The van der Waals surface area contributed by atoms with E-state index in [4.69, 9.17) is 4.74 Å². The molecule has 3 heteroatoms. The quantitative estimate of drug-likeness (QED) is 0.754. The Morgan fingerprint density at radius 3 is 2.33 bits per heavy atom. The van der Waals surface area contributed by atoms with Gasteiger partial charge in [-0.2, -0.15) is 0 Å². The van der Waals surface area contributed by atoms with Crippen LogP contribution in [0.15, 0.2) is 54.6 Å². The third-order valence-corrected chi connectivity index (χ3v) is 3.45. The molecule has 2 aromatic rings. The van der Waals surface area contributed by atoms with E-state index in [2.05, 4.69) is 53.7 Å². The molecular weight excluding hydrogens is 260 g/mol. The van der Waals surface area contributed by atoms with Gasteiger partial charge in [-0.25, -0.2) is 0 Å². The molecule has 0 spiro atoms. The number of hydrogen-bond donors (Lipinski definition) is 1. The van der Waals surface area contributed by atoms with Gasteiger partial charge in [0.1, 0.15) is 5.75 Å². The molecule has 0 aromatic heterocycles. The number of benzene rings is 2. The van der Waals surface area contributed by atoms with Gasteiger partial charge in [-0.15, -0.1) is 0 Å². The molecule has 0 radical (unpaired) electrons. The van der Waals surface area contributed by atoms with Crippen LogP contribution in [0.1, 0.15) is 11.1 Å². The average Bonchev–Trinajstić information content (AvgIpc) is 2.53. The number of ether oxygens (including phenoxy) is 1. The number of rotatable bonds is 8. The summed E-state index contributed by atoms with van der Waals surface area (Å²) in [5, 5.41) is 3.47. The molecule has 0 amide bonds. The third-order valence-electron chi connectivity index (χ3n) is 3.45. The minimum Gasteiger partial charge on any atom is -0.497 e. The number of nitrogens with zero attached hydrogens (tertiary/aromatic N) is 1. The van der Waals surface area contributed by atoms with Gasteiger partial charge in [-0.05, 0) is 30.3 Å². The van der Waals surface area contributed by atoms with E-state index in [1.807, 2.05) is 18.2 Å². The van der Waals surface area contributed by atoms with Gasteiger partial charge in [0.25, 0.3) is 0 Å². The van der Waals surface area contributed by atoms with Crippen LogP contribution in [0.5, 0.6) is 5.75 Å². The van der Waals surface area contributed by atoms with Crippen LogP contribution in [0.3, 0.4) is 0 Å². The average molecular weight is 284 g/mol. The van der Waals surface area contributed by atoms with Crippen molar-refractivity contribution in [2.45, 2.75) is 13.1 Å². The molecular formula is C18H24N2O. The molecule has 0 aliphatic rings. The van der Waals surface area contributed by atoms with E-state index in [1.54, 1.807) is 7.11 Å². The molecule has 2 aromatic carbocycles. The largest absolute Gasteiger partial charge is 0.497 e. The monoisotopic (exact) mass is 284 g/mol. The second-order valence-corrected chi connectivity index (χ2v) is 5.25. The SMILES string of the molecule is COc1ccc(CN(C)CCNCc2ccccc2)cc1. The van der Waals surface area contributed by atoms with Gasteiger partial charge in [0, 0.05) is 26.2 Å². The van der Waals surface area contributed by atoms with Gasteiger partial charge in [-0.1, -0.05) is 42.5 Å². The highest BCUT2D eigenvalue weighted by atomic mass is 16.5. The van der Waals surface area contributed by atoms with Crippen LogP contribution in [0.4, 0.5) is 0 Å². The van der Waals surface area contributed by atoms with Crippen LogP contribution in [-0.4, -0.2) is 32.1 Å². The smallest absolute Gasteiger partial charge is 0.118 e. The van der Waals surface area contributed by atoms with Gasteiger partial charge < -0.3 is 15.0 Å². The maximum Gasteiger partial charge on any atom is 0.118 e. The Bertz CT molecular complexity index is 511. The highest BCUT2D eigenvalue weighted by Crippen LogP contribution is 2.12. The summed E-state index contributed by atoms with van der Waals surface area (Å²) in [7, 11) is 3.84. The highest BCUT2D eigenvalue weighted by Gasteiger charge is 2.00. The zero-order chi connectivity index (χ0) is 14.9. The zero-order valence-corrected chi connectivity index (χ0v) is 12.9. The van der Waals surface area contributed by atoms with Crippen LogP contribution in [0.25, 0.3) is 0 Å². The molecule has 0 fully saturated rings. The zero-order valence-electron chi connectivity index (χ0n) is 12.9. The molecule has 0 saturated carbocycles. The Kier molecular flexibility index (Phi) is 6.25. The van der Waals surface area contributed by atoms with Crippen LogP contribution in [-0.2, 0) is 13.1 Å². The summed E-state index contributed by atoms with van der Waals surface area (Å²) in [4.78, 5) is 2.32. The fraction of sp³-hybridized carbons (Fsp3) is 0.333. The molecule has 0 atom stereocenters. The van der Waals surface area contributed by atoms with Crippen molar-refractivity contribution in [3.63, 3.8) is 0 Å². The Morgan fingerprint density at radius 1 is 0.952 bits per heavy atom. The molecule has 0 bridgehead atoms. The van der Waals surface area contributed by atoms with Crippen molar-refractivity contribution < 1.29 is 4.74 Å². The van der Waals surface area contributed by atoms with E-state index in [0.717, 1.165) is 31.9 Å². The fourth-order valence-corrected chi connectivity index (χ4v) is 2.22. The van der Waals surface area contributed by atoms with Crippen molar-refractivity contribution in [1.82, 2.24) is 10.2 Å². The van der Waals surface area contributed by atoms with E-state index < -0.39 is 0 Å². The summed E-state index contributed by atoms with van der Waals surface area (Å²) < 4.78 is 5.17. The second-order valence-electron chi connectivity index (χ2n) is 5.25. The lowest BCUT2D eigenvalue weighted by Gasteiger charge is -2.17. The van der Waals surface area contributed by atoms with Crippen molar-refractivity contribution >= 4 is 0 Å². The van der Waals surface area contributed by atoms with E-state index in [1.165, 1.54) is 11.1 Å². The summed E-state index contributed by atoms with van der Waals surface area (Å²) in [5.41, 5.74) is 2.64. The first kappa shape index (κ1) is 15.5. The molecule has 2 rings (SSSR count). The van der Waals surface area contributed by atoms with Gasteiger partial charge in [0.05, 0.1) is 7.11 Å². The number of hydrogen-bond acceptors (Lipinski definition) is 3. The van der Waals surface area contributed by atoms with Gasteiger partial charge in [0.2, 0.25) is 0 Å². The Balaban J connectivity index is 1.66. The lowest BCUT2D eigenvalue weighted by Crippen LogP contribution is -2.28. The summed E-state index contributed by atoms with van der Waals surface area (Å²) >= 11 is 0. The molecule has 0 heterocycles. The Hall–Kier alpha value is -1.84. The van der Waals surface area contributed by atoms with Crippen molar-refractivity contribution in [2.24, 2.45) is 0 Å². The molecule has 0 unspecified atom stereocenters. The van der Waals surface area contributed by atoms with Crippen molar-refractivity contribution in [1.29, 1.82) is 0 Å². The van der Waals surface area contributed by atoms with Crippen molar-refractivity contribution in [2.75, 3.05) is 27.2 Å². The van der Waals surface area contributed by atoms with Crippen molar-refractivity contribution in [3.8, 4) is 5.75 Å². The predicted molar refractivity (Wildman–Crippen MR) is 87.5 cm³/mol. The Morgan fingerprint density at radius 2 is 1.67 bits per heavy atom. The number of nitrogens with one attached hydrogen (secondary N) is 1. The van der Waals surface area contributed by atoms with Gasteiger partial charge in [-0.3, -0.25) is 0 Å². The standard InChI is InChI=1S/C18H24N2O/c1-20(15-17-8-10-18(21-2)11-9-17)13-12-19-14-16-6-4-3-5-7-16/h3-11,19H,12-15H2,1-2H3. The normalized spacial score (nSPS) is 10.8.